The van der Waals surface area contributed by atoms with Crippen LogP contribution in [0.25, 0.3) is 0 Å². The number of nitrogens with zero attached hydrogens (tertiary/aromatic N) is 2. The monoisotopic (exact) mass is 291 g/mol. The lowest BCUT2D eigenvalue weighted by molar-refractivity contribution is -0.122. The Morgan fingerprint density at radius 3 is 2.57 bits per heavy atom. The molecule has 1 aromatic carbocycles. The second-order valence-electron chi connectivity index (χ2n) is 5.96. The molecule has 114 valence electrons. The Morgan fingerprint density at radius 2 is 1.90 bits per heavy atom. The van der Waals surface area contributed by atoms with Crippen LogP contribution in [0.15, 0.2) is 24.3 Å². The van der Waals surface area contributed by atoms with Crippen molar-refractivity contribution in [2.24, 2.45) is 5.92 Å². The fourth-order valence-corrected chi connectivity index (χ4v) is 2.69. The maximum atomic E-state index is 13.7. The number of halogens is 1. The average Bonchev–Trinajstić information content (AvgIpc) is 3.31. The van der Waals surface area contributed by atoms with E-state index in [0.717, 1.165) is 32.7 Å². The number of hydrogen-bond donors (Lipinski definition) is 1. The number of anilines is 1. The third-order valence-electron chi connectivity index (χ3n) is 4.22. The van der Waals surface area contributed by atoms with Crippen molar-refractivity contribution in [1.82, 2.24) is 10.2 Å². The van der Waals surface area contributed by atoms with Crippen LogP contribution in [0.4, 0.5) is 10.1 Å². The van der Waals surface area contributed by atoms with Crippen molar-refractivity contribution < 1.29 is 9.18 Å². The van der Waals surface area contributed by atoms with Gasteiger partial charge >= 0.3 is 0 Å². The Balaban J connectivity index is 1.44. The Morgan fingerprint density at radius 1 is 1.19 bits per heavy atom. The lowest BCUT2D eigenvalue weighted by atomic mass is 10.2. The summed E-state index contributed by atoms with van der Waals surface area (Å²) in [5.74, 6) is 0.654. The molecule has 0 atom stereocenters. The SMILES string of the molecule is O=C(CN1CCN(c2ccccc2F)CC1)NCC1CC1. The van der Waals surface area contributed by atoms with E-state index in [-0.39, 0.29) is 11.7 Å². The molecule has 1 aromatic rings. The van der Waals surface area contributed by atoms with E-state index < -0.39 is 0 Å². The van der Waals surface area contributed by atoms with Gasteiger partial charge in [0.1, 0.15) is 5.82 Å². The van der Waals surface area contributed by atoms with Crippen molar-refractivity contribution in [2.45, 2.75) is 12.8 Å². The summed E-state index contributed by atoms with van der Waals surface area (Å²) in [6.45, 7) is 4.40. The summed E-state index contributed by atoms with van der Waals surface area (Å²) in [6.07, 6.45) is 2.50. The molecule has 1 saturated heterocycles. The third-order valence-corrected chi connectivity index (χ3v) is 4.22. The van der Waals surface area contributed by atoms with Crippen molar-refractivity contribution >= 4 is 11.6 Å². The molecule has 0 aromatic heterocycles. The van der Waals surface area contributed by atoms with Gasteiger partial charge in [0.2, 0.25) is 5.91 Å². The van der Waals surface area contributed by atoms with E-state index in [1.807, 2.05) is 17.0 Å². The number of rotatable bonds is 5. The van der Waals surface area contributed by atoms with E-state index >= 15 is 0 Å². The number of amides is 1. The van der Waals surface area contributed by atoms with Crippen LogP contribution in [-0.2, 0) is 4.79 Å². The number of piperazine rings is 1. The Hall–Kier alpha value is -1.62. The van der Waals surface area contributed by atoms with Crippen molar-refractivity contribution in [3.63, 3.8) is 0 Å². The van der Waals surface area contributed by atoms with Crippen LogP contribution in [0.2, 0.25) is 0 Å². The van der Waals surface area contributed by atoms with E-state index in [1.54, 1.807) is 6.07 Å². The van der Waals surface area contributed by atoms with Crippen molar-refractivity contribution in [1.29, 1.82) is 0 Å². The van der Waals surface area contributed by atoms with Crippen LogP contribution in [0, 0.1) is 11.7 Å². The van der Waals surface area contributed by atoms with Crippen molar-refractivity contribution in [2.75, 3.05) is 44.2 Å². The topological polar surface area (TPSA) is 35.6 Å². The summed E-state index contributed by atoms with van der Waals surface area (Å²) < 4.78 is 13.7. The zero-order chi connectivity index (χ0) is 14.7. The molecule has 2 aliphatic rings. The smallest absolute Gasteiger partial charge is 0.234 e. The summed E-state index contributed by atoms with van der Waals surface area (Å²) >= 11 is 0. The van der Waals surface area contributed by atoms with Gasteiger partial charge in [-0.15, -0.1) is 0 Å². The Bertz CT molecular complexity index is 496. The molecular formula is C16H22FN3O. The molecule has 0 unspecified atom stereocenters. The zero-order valence-corrected chi connectivity index (χ0v) is 12.2. The minimum atomic E-state index is -0.173. The Kier molecular flexibility index (Phi) is 4.39. The molecule has 4 nitrogen and oxygen atoms in total. The van der Waals surface area contributed by atoms with Gasteiger partial charge in [-0.05, 0) is 30.9 Å². The highest BCUT2D eigenvalue weighted by molar-refractivity contribution is 5.78. The standard InChI is InChI=1S/C16H22FN3O/c17-14-3-1-2-4-15(14)20-9-7-19(8-10-20)12-16(21)18-11-13-5-6-13/h1-4,13H,5-12H2,(H,18,21). The van der Waals surface area contributed by atoms with Gasteiger partial charge in [-0.3, -0.25) is 9.69 Å². The van der Waals surface area contributed by atoms with Gasteiger partial charge in [0.25, 0.3) is 0 Å². The van der Waals surface area contributed by atoms with Crippen LogP contribution < -0.4 is 10.2 Å². The fourth-order valence-electron chi connectivity index (χ4n) is 2.69. The Labute approximate surface area is 124 Å². The molecule has 1 aliphatic heterocycles. The first-order valence-corrected chi connectivity index (χ1v) is 7.71. The first-order valence-electron chi connectivity index (χ1n) is 7.71. The van der Waals surface area contributed by atoms with Gasteiger partial charge in [0.05, 0.1) is 12.2 Å². The predicted molar refractivity (Wildman–Crippen MR) is 80.8 cm³/mol. The molecule has 1 N–H and O–H groups in total. The van der Waals surface area contributed by atoms with E-state index in [1.165, 1.54) is 18.9 Å². The zero-order valence-electron chi connectivity index (χ0n) is 12.2. The van der Waals surface area contributed by atoms with Crippen LogP contribution in [-0.4, -0.2) is 50.1 Å². The first-order chi connectivity index (χ1) is 10.2. The van der Waals surface area contributed by atoms with Crippen molar-refractivity contribution in [3.8, 4) is 0 Å². The van der Waals surface area contributed by atoms with Gasteiger partial charge in [-0.1, -0.05) is 12.1 Å². The van der Waals surface area contributed by atoms with Gasteiger partial charge in [0, 0.05) is 32.7 Å². The molecule has 0 bridgehead atoms. The summed E-state index contributed by atoms with van der Waals surface area (Å²) in [4.78, 5) is 16.0. The summed E-state index contributed by atoms with van der Waals surface area (Å²) in [5.41, 5.74) is 0.662. The van der Waals surface area contributed by atoms with E-state index in [2.05, 4.69) is 10.2 Å². The molecular weight excluding hydrogens is 269 g/mol. The molecule has 1 amide bonds. The number of para-hydroxylation sites is 1. The minimum Gasteiger partial charge on any atom is -0.367 e. The maximum absolute atomic E-state index is 13.7. The van der Waals surface area contributed by atoms with Gasteiger partial charge in [-0.25, -0.2) is 4.39 Å². The number of carbonyl (C=O) groups is 1. The highest BCUT2D eigenvalue weighted by Crippen LogP contribution is 2.27. The lowest BCUT2D eigenvalue weighted by Crippen LogP contribution is -2.49. The number of benzene rings is 1. The molecule has 0 radical (unpaired) electrons. The summed E-state index contributed by atoms with van der Waals surface area (Å²) in [7, 11) is 0. The highest BCUT2D eigenvalue weighted by Gasteiger charge is 2.23. The fraction of sp³-hybridized carbons (Fsp3) is 0.562. The second kappa shape index (κ2) is 6.43. The maximum Gasteiger partial charge on any atom is 0.234 e. The molecule has 1 aliphatic carbocycles. The van der Waals surface area contributed by atoms with Crippen LogP contribution in [0.1, 0.15) is 12.8 Å². The normalized spacial score (nSPS) is 19.6. The highest BCUT2D eigenvalue weighted by atomic mass is 19.1. The number of nitrogens with one attached hydrogen (secondary N) is 1. The second-order valence-corrected chi connectivity index (χ2v) is 5.96. The molecule has 0 spiro atoms. The van der Waals surface area contributed by atoms with Gasteiger partial charge < -0.3 is 10.2 Å². The predicted octanol–water partition coefficient (Wildman–Crippen LogP) is 1.47. The summed E-state index contributed by atoms with van der Waals surface area (Å²) in [5, 5.41) is 2.99. The van der Waals surface area contributed by atoms with E-state index in [9.17, 15) is 9.18 Å². The first kappa shape index (κ1) is 14.3. The molecule has 1 saturated carbocycles. The van der Waals surface area contributed by atoms with Crippen LogP contribution in [0.3, 0.4) is 0 Å². The summed E-state index contributed by atoms with van der Waals surface area (Å²) in [6, 6.07) is 6.87. The largest absolute Gasteiger partial charge is 0.367 e. The number of carbonyl (C=O) groups excluding carboxylic acids is 1. The molecule has 2 fully saturated rings. The van der Waals surface area contributed by atoms with Crippen LogP contribution >= 0.6 is 0 Å². The van der Waals surface area contributed by atoms with Gasteiger partial charge in [-0.2, -0.15) is 0 Å². The van der Waals surface area contributed by atoms with E-state index in [4.69, 9.17) is 0 Å². The average molecular weight is 291 g/mol. The quantitative estimate of drug-likeness (QED) is 0.892. The molecule has 3 rings (SSSR count). The number of hydrogen-bond acceptors (Lipinski definition) is 3. The van der Waals surface area contributed by atoms with E-state index in [0.29, 0.717) is 18.2 Å². The van der Waals surface area contributed by atoms with Crippen molar-refractivity contribution in [3.05, 3.63) is 30.1 Å². The van der Waals surface area contributed by atoms with Crippen LogP contribution in [0.5, 0.6) is 0 Å². The molecule has 5 heteroatoms. The molecule has 1 heterocycles. The van der Waals surface area contributed by atoms with Gasteiger partial charge in [0.15, 0.2) is 0 Å². The lowest BCUT2D eigenvalue weighted by Gasteiger charge is -2.35. The molecule has 21 heavy (non-hydrogen) atoms. The minimum absolute atomic E-state index is 0.112. The third kappa shape index (κ3) is 3.94.